The van der Waals surface area contributed by atoms with E-state index in [2.05, 4.69) is 16.5 Å². The molecule has 0 saturated heterocycles. The zero-order valence-corrected chi connectivity index (χ0v) is 12.2. The Morgan fingerprint density at radius 2 is 2.21 bits per heavy atom. The van der Waals surface area contributed by atoms with Crippen LogP contribution in [0.4, 0.5) is 4.39 Å². The van der Waals surface area contributed by atoms with Crippen LogP contribution < -0.4 is 0 Å². The average Bonchev–Trinajstić information content (AvgIpc) is 2.93. The Morgan fingerprint density at radius 1 is 1.42 bits per heavy atom. The predicted octanol–water partition coefficient (Wildman–Crippen LogP) is 4.93. The van der Waals surface area contributed by atoms with Gasteiger partial charge in [0.1, 0.15) is 11.6 Å². The number of rotatable bonds is 2. The van der Waals surface area contributed by atoms with Crippen LogP contribution in [-0.4, -0.2) is 9.55 Å². The summed E-state index contributed by atoms with van der Waals surface area (Å²) in [5, 5.41) is 0.109. The van der Waals surface area contributed by atoms with E-state index in [4.69, 9.17) is 23.2 Å². The number of alkyl halides is 1. The zero-order chi connectivity index (χ0) is 13.6. The van der Waals surface area contributed by atoms with Crippen LogP contribution in [0.1, 0.15) is 38.1 Å². The molecule has 0 amide bonds. The number of halogens is 3. The molecule has 1 fully saturated rings. The summed E-state index contributed by atoms with van der Waals surface area (Å²) in [6.07, 6.45) is 3.49. The van der Waals surface area contributed by atoms with Gasteiger partial charge in [-0.05, 0) is 24.8 Å². The number of imidazole rings is 1. The quantitative estimate of drug-likeness (QED) is 0.719. The molecule has 0 bridgehead atoms. The fraction of sp³-hybridized carbons (Fsp3) is 0.500. The minimum absolute atomic E-state index is 0.109. The number of hydrogen-bond donors (Lipinski definition) is 0. The van der Waals surface area contributed by atoms with Crippen molar-refractivity contribution in [3.05, 3.63) is 28.8 Å². The summed E-state index contributed by atoms with van der Waals surface area (Å²) in [7, 11) is 0. The molecule has 102 valence electrons. The van der Waals surface area contributed by atoms with Crippen molar-refractivity contribution in [3.8, 4) is 0 Å². The van der Waals surface area contributed by atoms with E-state index in [0.29, 0.717) is 17.8 Å². The standard InChI is InChI=1S/C14H15Cl2FN2/c1-8-3-2-4-12(8)19-13-6-10(17)9(16)5-11(13)18-14(19)7-15/h5-6,8,12H,2-4,7H2,1H3. The summed E-state index contributed by atoms with van der Waals surface area (Å²) in [5.41, 5.74) is 1.53. The van der Waals surface area contributed by atoms with Crippen molar-refractivity contribution >= 4 is 34.2 Å². The van der Waals surface area contributed by atoms with Crippen LogP contribution in [0, 0.1) is 11.7 Å². The lowest BCUT2D eigenvalue weighted by Crippen LogP contribution is -2.14. The molecule has 19 heavy (non-hydrogen) atoms. The number of benzene rings is 1. The number of nitrogens with zero attached hydrogens (tertiary/aromatic N) is 2. The Balaban J connectivity index is 2.23. The van der Waals surface area contributed by atoms with Crippen molar-refractivity contribution in [2.45, 2.75) is 38.1 Å². The van der Waals surface area contributed by atoms with E-state index in [1.165, 1.54) is 18.9 Å². The second-order valence-electron chi connectivity index (χ2n) is 5.26. The maximum atomic E-state index is 13.7. The Morgan fingerprint density at radius 3 is 2.84 bits per heavy atom. The highest BCUT2D eigenvalue weighted by Gasteiger charge is 2.28. The van der Waals surface area contributed by atoms with Crippen molar-refractivity contribution in [3.63, 3.8) is 0 Å². The van der Waals surface area contributed by atoms with Gasteiger partial charge in [0.2, 0.25) is 0 Å². The molecule has 0 aliphatic heterocycles. The highest BCUT2D eigenvalue weighted by Crippen LogP contribution is 2.39. The second-order valence-corrected chi connectivity index (χ2v) is 5.94. The third kappa shape index (κ3) is 2.13. The smallest absolute Gasteiger partial charge is 0.144 e. The van der Waals surface area contributed by atoms with Gasteiger partial charge in [-0.15, -0.1) is 11.6 Å². The van der Waals surface area contributed by atoms with Crippen molar-refractivity contribution < 1.29 is 4.39 Å². The molecule has 1 aliphatic rings. The maximum absolute atomic E-state index is 13.7. The summed E-state index contributed by atoms with van der Waals surface area (Å²) in [4.78, 5) is 4.49. The van der Waals surface area contributed by atoms with E-state index in [9.17, 15) is 4.39 Å². The van der Waals surface area contributed by atoms with E-state index in [0.717, 1.165) is 23.3 Å². The molecule has 5 heteroatoms. The molecule has 3 rings (SSSR count). The van der Waals surface area contributed by atoms with Gasteiger partial charge in [0, 0.05) is 12.1 Å². The van der Waals surface area contributed by atoms with Crippen molar-refractivity contribution in [1.82, 2.24) is 9.55 Å². The van der Waals surface area contributed by atoms with Crippen LogP contribution in [0.25, 0.3) is 11.0 Å². The van der Waals surface area contributed by atoms with Gasteiger partial charge in [-0.2, -0.15) is 0 Å². The molecule has 0 radical (unpaired) electrons. The first kappa shape index (κ1) is 13.2. The largest absolute Gasteiger partial charge is 0.323 e. The van der Waals surface area contributed by atoms with E-state index in [-0.39, 0.29) is 5.02 Å². The molecule has 1 saturated carbocycles. The van der Waals surface area contributed by atoms with Crippen LogP contribution in [0.2, 0.25) is 5.02 Å². The van der Waals surface area contributed by atoms with Gasteiger partial charge in [0.25, 0.3) is 0 Å². The molecule has 0 spiro atoms. The minimum Gasteiger partial charge on any atom is -0.323 e. The highest BCUT2D eigenvalue weighted by molar-refractivity contribution is 6.31. The van der Waals surface area contributed by atoms with Crippen molar-refractivity contribution in [1.29, 1.82) is 0 Å². The van der Waals surface area contributed by atoms with Gasteiger partial charge >= 0.3 is 0 Å². The molecule has 2 nitrogen and oxygen atoms in total. The molecule has 1 heterocycles. The molecular formula is C14H15Cl2FN2. The molecule has 1 aromatic carbocycles. The minimum atomic E-state index is -0.401. The number of hydrogen-bond acceptors (Lipinski definition) is 1. The molecule has 1 aliphatic carbocycles. The normalized spacial score (nSPS) is 23.4. The molecule has 2 atom stereocenters. The van der Waals surface area contributed by atoms with Gasteiger partial charge in [-0.1, -0.05) is 24.9 Å². The van der Waals surface area contributed by atoms with Crippen LogP contribution in [0.5, 0.6) is 0 Å². The van der Waals surface area contributed by atoms with Crippen LogP contribution >= 0.6 is 23.2 Å². The summed E-state index contributed by atoms with van der Waals surface area (Å²) in [6, 6.07) is 3.42. The molecule has 1 aromatic heterocycles. The lowest BCUT2D eigenvalue weighted by molar-refractivity contribution is 0.408. The lowest BCUT2D eigenvalue weighted by atomic mass is 10.1. The maximum Gasteiger partial charge on any atom is 0.144 e. The Kier molecular flexibility index (Phi) is 3.44. The first-order valence-electron chi connectivity index (χ1n) is 6.53. The molecular weight excluding hydrogens is 286 g/mol. The van der Waals surface area contributed by atoms with Crippen LogP contribution in [-0.2, 0) is 5.88 Å². The van der Waals surface area contributed by atoms with E-state index >= 15 is 0 Å². The summed E-state index contributed by atoms with van der Waals surface area (Å²) in [5.74, 6) is 1.30. The summed E-state index contributed by atoms with van der Waals surface area (Å²) < 4.78 is 15.8. The van der Waals surface area contributed by atoms with Gasteiger partial charge in [-0.25, -0.2) is 9.37 Å². The first-order valence-corrected chi connectivity index (χ1v) is 7.45. The SMILES string of the molecule is CC1CCCC1n1c(CCl)nc2cc(Cl)c(F)cc21. The monoisotopic (exact) mass is 300 g/mol. The fourth-order valence-electron chi connectivity index (χ4n) is 3.11. The van der Waals surface area contributed by atoms with E-state index < -0.39 is 5.82 Å². The Labute approximate surface area is 121 Å². The third-order valence-electron chi connectivity index (χ3n) is 4.07. The average molecular weight is 301 g/mol. The van der Waals surface area contributed by atoms with Gasteiger partial charge in [0.05, 0.1) is 21.9 Å². The van der Waals surface area contributed by atoms with Crippen molar-refractivity contribution in [2.24, 2.45) is 5.92 Å². The van der Waals surface area contributed by atoms with Gasteiger partial charge < -0.3 is 4.57 Å². The number of fused-ring (bicyclic) bond motifs is 1. The zero-order valence-electron chi connectivity index (χ0n) is 10.7. The summed E-state index contributed by atoms with van der Waals surface area (Å²) in [6.45, 7) is 2.23. The van der Waals surface area contributed by atoms with Crippen LogP contribution in [0.15, 0.2) is 12.1 Å². The molecule has 2 unspecified atom stereocenters. The second kappa shape index (κ2) is 4.95. The summed E-state index contributed by atoms with van der Waals surface area (Å²) >= 11 is 11.8. The van der Waals surface area contributed by atoms with Gasteiger partial charge in [-0.3, -0.25) is 0 Å². The molecule has 2 aromatic rings. The molecule has 0 N–H and O–H groups in total. The number of aromatic nitrogens is 2. The first-order chi connectivity index (χ1) is 9.11. The van der Waals surface area contributed by atoms with Crippen molar-refractivity contribution in [2.75, 3.05) is 0 Å². The Bertz CT molecular complexity index is 623. The van der Waals surface area contributed by atoms with Gasteiger partial charge in [0.15, 0.2) is 0 Å². The predicted molar refractivity (Wildman–Crippen MR) is 76.3 cm³/mol. The Hall–Kier alpha value is -0.800. The van der Waals surface area contributed by atoms with E-state index in [1.807, 2.05) is 0 Å². The highest BCUT2D eigenvalue weighted by atomic mass is 35.5. The van der Waals surface area contributed by atoms with Crippen LogP contribution in [0.3, 0.4) is 0 Å². The van der Waals surface area contributed by atoms with E-state index in [1.54, 1.807) is 6.07 Å². The topological polar surface area (TPSA) is 17.8 Å². The lowest BCUT2D eigenvalue weighted by Gasteiger charge is -2.20. The third-order valence-corrected chi connectivity index (χ3v) is 4.60. The fourth-order valence-corrected chi connectivity index (χ4v) is 3.46.